The van der Waals surface area contributed by atoms with Crippen molar-refractivity contribution in [3.8, 4) is 17.6 Å². The molecule has 2 heterocycles. The highest BCUT2D eigenvalue weighted by Crippen LogP contribution is 2.35. The van der Waals surface area contributed by atoms with Crippen molar-refractivity contribution in [3.63, 3.8) is 0 Å². The molecule has 0 amide bonds. The van der Waals surface area contributed by atoms with Crippen LogP contribution in [0.15, 0.2) is 42.6 Å². The lowest BCUT2D eigenvalue weighted by atomic mass is 9.94. The first-order valence-electron chi connectivity index (χ1n) is 6.54. The molecule has 1 unspecified atom stereocenters. The standard InChI is InChI=1S/C16H12N2O3/c17-10-12(13-5-1-2-7-18-13)15(19)11-4-3-6-14-16(11)21-9-8-20-14/h1-7,12H,8-9H2. The Morgan fingerprint density at radius 2 is 2.05 bits per heavy atom. The van der Waals surface area contributed by atoms with Crippen molar-refractivity contribution >= 4 is 5.78 Å². The summed E-state index contributed by atoms with van der Waals surface area (Å²) in [5, 5.41) is 9.33. The molecule has 0 bridgehead atoms. The van der Waals surface area contributed by atoms with Crippen LogP contribution in [0.5, 0.6) is 11.5 Å². The van der Waals surface area contributed by atoms with E-state index in [-0.39, 0.29) is 5.78 Å². The minimum atomic E-state index is -0.955. The number of hydrogen-bond acceptors (Lipinski definition) is 5. The van der Waals surface area contributed by atoms with E-state index in [0.29, 0.717) is 36.0 Å². The Morgan fingerprint density at radius 1 is 1.19 bits per heavy atom. The molecular weight excluding hydrogens is 268 g/mol. The molecule has 1 atom stereocenters. The number of nitrogens with zero attached hydrogens (tertiary/aromatic N) is 2. The molecule has 104 valence electrons. The van der Waals surface area contributed by atoms with Gasteiger partial charge in [0.1, 0.15) is 13.2 Å². The monoisotopic (exact) mass is 280 g/mol. The Morgan fingerprint density at radius 3 is 2.81 bits per heavy atom. The van der Waals surface area contributed by atoms with E-state index in [1.54, 1.807) is 42.6 Å². The fourth-order valence-corrected chi connectivity index (χ4v) is 2.23. The number of carbonyl (C=O) groups excluding carboxylic acids is 1. The quantitative estimate of drug-likeness (QED) is 0.807. The average Bonchev–Trinajstić information content (AvgIpc) is 2.56. The predicted molar refractivity (Wildman–Crippen MR) is 74.4 cm³/mol. The largest absolute Gasteiger partial charge is 0.486 e. The number of benzene rings is 1. The van der Waals surface area contributed by atoms with Gasteiger partial charge in [-0.25, -0.2) is 0 Å². The number of rotatable bonds is 3. The average molecular weight is 280 g/mol. The Bertz CT molecular complexity index is 707. The molecule has 21 heavy (non-hydrogen) atoms. The molecule has 1 aromatic carbocycles. The topological polar surface area (TPSA) is 72.2 Å². The van der Waals surface area contributed by atoms with Crippen molar-refractivity contribution in [2.75, 3.05) is 13.2 Å². The van der Waals surface area contributed by atoms with Gasteiger partial charge in [0, 0.05) is 6.20 Å². The number of ether oxygens (including phenoxy) is 2. The number of hydrogen-bond donors (Lipinski definition) is 0. The summed E-state index contributed by atoms with van der Waals surface area (Å²) < 4.78 is 11.0. The van der Waals surface area contributed by atoms with Gasteiger partial charge in [0.25, 0.3) is 0 Å². The van der Waals surface area contributed by atoms with Crippen LogP contribution in [0.3, 0.4) is 0 Å². The zero-order valence-electron chi connectivity index (χ0n) is 11.2. The smallest absolute Gasteiger partial charge is 0.189 e. The lowest BCUT2D eigenvalue weighted by Crippen LogP contribution is -2.20. The molecule has 5 heteroatoms. The van der Waals surface area contributed by atoms with E-state index in [1.165, 1.54) is 0 Å². The highest BCUT2D eigenvalue weighted by Gasteiger charge is 2.28. The lowest BCUT2D eigenvalue weighted by Gasteiger charge is -2.21. The fraction of sp³-hybridized carbons (Fsp3) is 0.188. The van der Waals surface area contributed by atoms with Crippen LogP contribution in [-0.4, -0.2) is 24.0 Å². The summed E-state index contributed by atoms with van der Waals surface area (Å²) in [6.07, 6.45) is 1.56. The zero-order chi connectivity index (χ0) is 14.7. The summed E-state index contributed by atoms with van der Waals surface area (Å²) in [6.45, 7) is 0.838. The highest BCUT2D eigenvalue weighted by molar-refractivity contribution is 6.05. The van der Waals surface area contributed by atoms with Crippen LogP contribution < -0.4 is 9.47 Å². The second-order valence-corrected chi connectivity index (χ2v) is 4.51. The van der Waals surface area contributed by atoms with Gasteiger partial charge >= 0.3 is 0 Å². The first kappa shape index (κ1) is 13.1. The van der Waals surface area contributed by atoms with E-state index in [0.717, 1.165) is 0 Å². The number of aromatic nitrogens is 1. The van der Waals surface area contributed by atoms with Crippen molar-refractivity contribution in [1.29, 1.82) is 5.26 Å². The Hall–Kier alpha value is -2.87. The van der Waals surface area contributed by atoms with E-state index in [1.807, 2.05) is 6.07 Å². The van der Waals surface area contributed by atoms with Gasteiger partial charge in [-0.3, -0.25) is 9.78 Å². The summed E-state index contributed by atoms with van der Waals surface area (Å²) in [4.78, 5) is 16.7. The third-order valence-electron chi connectivity index (χ3n) is 3.21. The van der Waals surface area contributed by atoms with Crippen LogP contribution in [0, 0.1) is 11.3 Å². The number of Topliss-reactive ketones (excluding diaryl/α,β-unsaturated/α-hetero) is 1. The van der Waals surface area contributed by atoms with Crippen LogP contribution in [-0.2, 0) is 0 Å². The van der Waals surface area contributed by atoms with E-state index < -0.39 is 5.92 Å². The first-order valence-corrected chi connectivity index (χ1v) is 6.54. The number of para-hydroxylation sites is 1. The van der Waals surface area contributed by atoms with Crippen LogP contribution >= 0.6 is 0 Å². The zero-order valence-corrected chi connectivity index (χ0v) is 11.2. The van der Waals surface area contributed by atoms with Crippen LogP contribution in [0.2, 0.25) is 0 Å². The van der Waals surface area contributed by atoms with E-state index in [9.17, 15) is 10.1 Å². The molecule has 1 aliphatic heterocycles. The first-order chi connectivity index (χ1) is 10.3. The molecule has 1 aromatic heterocycles. The van der Waals surface area contributed by atoms with Gasteiger partial charge in [-0.2, -0.15) is 5.26 Å². The summed E-state index contributed by atoms with van der Waals surface area (Å²) in [7, 11) is 0. The van der Waals surface area contributed by atoms with Crippen molar-refractivity contribution in [1.82, 2.24) is 4.98 Å². The molecule has 2 aromatic rings. The highest BCUT2D eigenvalue weighted by atomic mass is 16.6. The van der Waals surface area contributed by atoms with Gasteiger partial charge < -0.3 is 9.47 Å². The number of carbonyl (C=O) groups is 1. The lowest BCUT2D eigenvalue weighted by molar-refractivity contribution is 0.0966. The van der Waals surface area contributed by atoms with E-state index in [4.69, 9.17) is 9.47 Å². The summed E-state index contributed by atoms with van der Waals surface area (Å²) in [5.74, 6) is -0.350. The second kappa shape index (κ2) is 5.63. The molecule has 0 aliphatic carbocycles. The summed E-state index contributed by atoms with van der Waals surface area (Å²) >= 11 is 0. The molecule has 0 saturated heterocycles. The molecule has 0 saturated carbocycles. The van der Waals surface area contributed by atoms with Crippen LogP contribution in [0.1, 0.15) is 22.0 Å². The molecule has 0 N–H and O–H groups in total. The molecule has 0 radical (unpaired) electrons. The summed E-state index contributed by atoms with van der Waals surface area (Å²) in [6, 6.07) is 12.3. The van der Waals surface area contributed by atoms with Gasteiger partial charge in [-0.15, -0.1) is 0 Å². The van der Waals surface area contributed by atoms with Gasteiger partial charge in [-0.05, 0) is 24.3 Å². The van der Waals surface area contributed by atoms with Crippen molar-refractivity contribution in [3.05, 3.63) is 53.9 Å². The maximum Gasteiger partial charge on any atom is 0.189 e. The molecule has 0 fully saturated rings. The van der Waals surface area contributed by atoms with Gasteiger partial charge in [-0.1, -0.05) is 12.1 Å². The van der Waals surface area contributed by atoms with Crippen molar-refractivity contribution in [2.24, 2.45) is 0 Å². The minimum Gasteiger partial charge on any atom is -0.486 e. The van der Waals surface area contributed by atoms with Crippen LogP contribution in [0.25, 0.3) is 0 Å². The Balaban J connectivity index is 2.00. The Labute approximate surface area is 121 Å². The molecule has 5 nitrogen and oxygen atoms in total. The molecule has 0 spiro atoms. The van der Waals surface area contributed by atoms with Crippen LogP contribution in [0.4, 0.5) is 0 Å². The fourth-order valence-electron chi connectivity index (χ4n) is 2.23. The van der Waals surface area contributed by atoms with Gasteiger partial charge in [0.05, 0.1) is 17.3 Å². The SMILES string of the molecule is N#CC(C(=O)c1cccc2c1OCCO2)c1ccccn1. The molecular formula is C16H12N2O3. The second-order valence-electron chi connectivity index (χ2n) is 4.51. The Kier molecular flexibility index (Phi) is 3.52. The van der Waals surface area contributed by atoms with Crippen molar-refractivity contribution in [2.45, 2.75) is 5.92 Å². The summed E-state index contributed by atoms with van der Waals surface area (Å²) in [5.41, 5.74) is 0.781. The molecule has 1 aliphatic rings. The van der Waals surface area contributed by atoms with Gasteiger partial charge in [0.2, 0.25) is 0 Å². The third kappa shape index (κ3) is 2.43. The van der Waals surface area contributed by atoms with Crippen molar-refractivity contribution < 1.29 is 14.3 Å². The molecule has 3 rings (SSSR count). The number of ketones is 1. The number of nitriles is 1. The van der Waals surface area contributed by atoms with E-state index >= 15 is 0 Å². The van der Waals surface area contributed by atoms with Gasteiger partial charge in [0.15, 0.2) is 23.2 Å². The number of pyridine rings is 1. The third-order valence-corrected chi connectivity index (χ3v) is 3.21. The maximum absolute atomic E-state index is 12.7. The predicted octanol–water partition coefficient (Wildman–Crippen LogP) is 2.34. The van der Waals surface area contributed by atoms with E-state index in [2.05, 4.69) is 4.98 Å². The normalized spacial score (nSPS) is 14.0. The minimum absolute atomic E-state index is 0.335. The maximum atomic E-state index is 12.7. The number of fused-ring (bicyclic) bond motifs is 1.